The minimum absolute atomic E-state index is 0.264. The smallest absolute Gasteiger partial charge is 0.0675 e. The number of hydrogen-bond donors (Lipinski definition) is 3. The molecule has 0 aromatic rings. The third-order valence-corrected chi connectivity index (χ3v) is 0.892. The van der Waals surface area contributed by atoms with E-state index in [2.05, 4.69) is 0 Å². The molecule has 0 saturated carbocycles. The van der Waals surface area contributed by atoms with Crippen LogP contribution in [0, 0.1) is 0 Å². The van der Waals surface area contributed by atoms with Gasteiger partial charge >= 0.3 is 0 Å². The lowest BCUT2D eigenvalue weighted by atomic mass is 10.2. The summed E-state index contributed by atoms with van der Waals surface area (Å²) in [4.78, 5) is 0. The van der Waals surface area contributed by atoms with E-state index in [1.165, 1.54) is 0 Å². The molecule has 0 rings (SSSR count). The van der Waals surface area contributed by atoms with Gasteiger partial charge in [0.2, 0.25) is 0 Å². The molecule has 0 fully saturated rings. The van der Waals surface area contributed by atoms with Crippen molar-refractivity contribution in [2.75, 3.05) is 6.54 Å². The van der Waals surface area contributed by atoms with E-state index >= 15 is 0 Å². The molecule has 0 radical (unpaired) electrons. The van der Waals surface area contributed by atoms with Gasteiger partial charge in [0.1, 0.15) is 0 Å². The molecule has 44 valence electrons. The minimum Gasteiger partial charge on any atom is -0.392 e. The molecule has 0 saturated heterocycles. The van der Waals surface area contributed by atoms with E-state index in [0.29, 0.717) is 6.54 Å². The largest absolute Gasteiger partial charge is 0.392 e. The summed E-state index contributed by atoms with van der Waals surface area (Å²) in [5.74, 6) is 0. The highest BCUT2D eigenvalue weighted by Crippen LogP contribution is 1.81. The average Bonchev–Trinajstić information content (AvgIpc) is 1.65. The highest BCUT2D eigenvalue weighted by Gasteiger charge is 2.03. The number of rotatable bonds is 2. The molecule has 0 amide bonds. The fraction of sp³-hybridized carbons (Fsp3) is 1.00. The van der Waals surface area contributed by atoms with Gasteiger partial charge < -0.3 is 16.6 Å². The molecule has 0 aliphatic carbocycles. The predicted molar refractivity (Wildman–Crippen MR) is 28.7 cm³/mol. The van der Waals surface area contributed by atoms with Crippen molar-refractivity contribution in [1.29, 1.82) is 0 Å². The van der Waals surface area contributed by atoms with E-state index in [1.807, 2.05) is 0 Å². The highest BCUT2D eigenvalue weighted by atomic mass is 16.3. The zero-order valence-electron chi connectivity index (χ0n) is 4.46. The molecule has 5 N–H and O–H groups in total. The van der Waals surface area contributed by atoms with Gasteiger partial charge in [0, 0.05) is 12.6 Å². The van der Waals surface area contributed by atoms with Gasteiger partial charge in [0.05, 0.1) is 6.10 Å². The molecule has 0 bridgehead atoms. The highest BCUT2D eigenvalue weighted by molar-refractivity contribution is 4.66. The topological polar surface area (TPSA) is 72.3 Å². The van der Waals surface area contributed by atoms with Crippen molar-refractivity contribution in [1.82, 2.24) is 0 Å². The summed E-state index contributed by atoms with van der Waals surface area (Å²) in [5, 5.41) is 8.62. The second-order valence-electron chi connectivity index (χ2n) is 1.64. The molecule has 3 heteroatoms. The van der Waals surface area contributed by atoms with Gasteiger partial charge in [0.25, 0.3) is 0 Å². The van der Waals surface area contributed by atoms with Crippen LogP contribution in [-0.4, -0.2) is 23.8 Å². The van der Waals surface area contributed by atoms with Gasteiger partial charge in [-0.05, 0) is 6.92 Å². The number of hydrogen-bond acceptors (Lipinski definition) is 3. The Kier molecular flexibility index (Phi) is 2.91. The van der Waals surface area contributed by atoms with Crippen LogP contribution in [0.2, 0.25) is 0 Å². The lowest BCUT2D eigenvalue weighted by Gasteiger charge is -2.09. The quantitative estimate of drug-likeness (QED) is 0.405. The van der Waals surface area contributed by atoms with E-state index in [0.717, 1.165) is 0 Å². The summed E-state index contributed by atoms with van der Waals surface area (Å²) >= 11 is 0. The van der Waals surface area contributed by atoms with Crippen molar-refractivity contribution in [3.8, 4) is 0 Å². The standard InChI is InChI=1S/C4H12N2O/c1-3(7)4(6)2-5/h3-4,7H,2,5-6H2,1H3/t3-,4?/m1/s1. The van der Waals surface area contributed by atoms with Gasteiger partial charge in [-0.25, -0.2) is 0 Å². The Hall–Kier alpha value is -0.120. The number of nitrogens with two attached hydrogens (primary N) is 2. The van der Waals surface area contributed by atoms with Gasteiger partial charge in [-0.15, -0.1) is 0 Å². The van der Waals surface area contributed by atoms with Crippen molar-refractivity contribution in [2.45, 2.75) is 19.1 Å². The summed E-state index contributed by atoms with van der Waals surface area (Å²) < 4.78 is 0. The maximum Gasteiger partial charge on any atom is 0.0675 e. The maximum atomic E-state index is 8.62. The van der Waals surface area contributed by atoms with Crippen LogP contribution in [0.25, 0.3) is 0 Å². The molecule has 0 aliphatic rings. The minimum atomic E-state index is -0.481. The number of aliphatic hydroxyl groups excluding tert-OH is 1. The van der Waals surface area contributed by atoms with Gasteiger partial charge in [-0.1, -0.05) is 0 Å². The normalized spacial score (nSPS) is 18.9. The zero-order valence-corrected chi connectivity index (χ0v) is 4.46. The molecular weight excluding hydrogens is 92.1 g/mol. The van der Waals surface area contributed by atoms with E-state index in [4.69, 9.17) is 16.6 Å². The molecule has 2 atom stereocenters. The Bertz CT molecular complexity index is 47.0. The molecule has 3 nitrogen and oxygen atoms in total. The Morgan fingerprint density at radius 1 is 1.71 bits per heavy atom. The van der Waals surface area contributed by atoms with Crippen molar-refractivity contribution in [2.24, 2.45) is 11.5 Å². The summed E-state index contributed by atoms with van der Waals surface area (Å²) in [6, 6.07) is -0.264. The first-order valence-electron chi connectivity index (χ1n) is 2.32. The van der Waals surface area contributed by atoms with E-state index in [-0.39, 0.29) is 6.04 Å². The van der Waals surface area contributed by atoms with Crippen LogP contribution < -0.4 is 11.5 Å². The van der Waals surface area contributed by atoms with Gasteiger partial charge in [-0.2, -0.15) is 0 Å². The van der Waals surface area contributed by atoms with E-state index < -0.39 is 6.10 Å². The van der Waals surface area contributed by atoms with Crippen LogP contribution >= 0.6 is 0 Å². The molecule has 0 spiro atoms. The first-order chi connectivity index (χ1) is 3.18. The first-order valence-corrected chi connectivity index (χ1v) is 2.32. The molecule has 7 heavy (non-hydrogen) atoms. The van der Waals surface area contributed by atoms with Crippen LogP contribution in [-0.2, 0) is 0 Å². The summed E-state index contributed by atoms with van der Waals surface area (Å²) in [5.41, 5.74) is 10.3. The van der Waals surface area contributed by atoms with Gasteiger partial charge in [-0.3, -0.25) is 0 Å². The van der Waals surface area contributed by atoms with Crippen LogP contribution in [0.5, 0.6) is 0 Å². The molecule has 0 aromatic carbocycles. The zero-order chi connectivity index (χ0) is 5.86. The fourth-order valence-corrected chi connectivity index (χ4v) is 0.197. The molecule has 0 heterocycles. The van der Waals surface area contributed by atoms with Gasteiger partial charge in [0.15, 0.2) is 0 Å². The number of aliphatic hydroxyl groups is 1. The lowest BCUT2D eigenvalue weighted by molar-refractivity contribution is 0.166. The van der Waals surface area contributed by atoms with Crippen LogP contribution in [0.4, 0.5) is 0 Å². The Morgan fingerprint density at radius 2 is 2.14 bits per heavy atom. The monoisotopic (exact) mass is 104 g/mol. The van der Waals surface area contributed by atoms with Crippen LogP contribution in [0.15, 0.2) is 0 Å². The molecular formula is C4H12N2O. The third kappa shape index (κ3) is 2.56. The fourth-order valence-electron chi connectivity index (χ4n) is 0.197. The summed E-state index contributed by atoms with van der Waals surface area (Å²) in [6.07, 6.45) is -0.481. The third-order valence-electron chi connectivity index (χ3n) is 0.892. The second kappa shape index (κ2) is 2.96. The molecule has 0 aromatic heterocycles. The van der Waals surface area contributed by atoms with E-state index in [1.54, 1.807) is 6.92 Å². The maximum absolute atomic E-state index is 8.62. The Balaban J connectivity index is 3.14. The Labute approximate surface area is 43.3 Å². The summed E-state index contributed by atoms with van der Waals surface area (Å²) in [7, 11) is 0. The lowest BCUT2D eigenvalue weighted by Crippen LogP contribution is -2.39. The second-order valence-corrected chi connectivity index (χ2v) is 1.64. The van der Waals surface area contributed by atoms with Crippen molar-refractivity contribution < 1.29 is 5.11 Å². The average molecular weight is 104 g/mol. The van der Waals surface area contributed by atoms with Crippen molar-refractivity contribution in [3.05, 3.63) is 0 Å². The van der Waals surface area contributed by atoms with Crippen LogP contribution in [0.1, 0.15) is 6.92 Å². The predicted octanol–water partition coefficient (Wildman–Crippen LogP) is -1.35. The van der Waals surface area contributed by atoms with Crippen LogP contribution in [0.3, 0.4) is 0 Å². The van der Waals surface area contributed by atoms with Crippen molar-refractivity contribution >= 4 is 0 Å². The van der Waals surface area contributed by atoms with Crippen molar-refractivity contribution in [3.63, 3.8) is 0 Å². The summed E-state index contributed by atoms with van der Waals surface area (Å²) in [6.45, 7) is 1.97. The Morgan fingerprint density at radius 3 is 2.14 bits per heavy atom. The SMILES string of the molecule is C[C@@H](O)C(N)CN. The molecule has 1 unspecified atom stereocenters. The van der Waals surface area contributed by atoms with E-state index in [9.17, 15) is 0 Å². The molecule has 0 aliphatic heterocycles. The first kappa shape index (κ1) is 6.88.